The van der Waals surface area contributed by atoms with Crippen LogP contribution in [0.2, 0.25) is 0 Å². The van der Waals surface area contributed by atoms with E-state index in [0.29, 0.717) is 11.0 Å². The molecular weight excluding hydrogens is 408 g/mol. The summed E-state index contributed by atoms with van der Waals surface area (Å²) >= 11 is 0. The van der Waals surface area contributed by atoms with Crippen molar-refractivity contribution in [2.75, 3.05) is 0 Å². The minimum absolute atomic E-state index is 0.282. The number of fused-ring (bicyclic) bond motifs is 1. The van der Waals surface area contributed by atoms with E-state index >= 15 is 0 Å². The molecule has 0 saturated carbocycles. The third kappa shape index (κ3) is 4.88. The van der Waals surface area contributed by atoms with Gasteiger partial charge in [-0.1, -0.05) is 75.2 Å². The van der Waals surface area contributed by atoms with Crippen molar-refractivity contribution >= 4 is 16.9 Å². The molecule has 0 radical (unpaired) electrons. The van der Waals surface area contributed by atoms with Crippen LogP contribution in [0.25, 0.3) is 33.4 Å². The number of hydrogen-bond donors (Lipinski definition) is 1. The molecule has 3 aromatic carbocycles. The van der Waals surface area contributed by atoms with Gasteiger partial charge >= 0.3 is 5.97 Å². The highest BCUT2D eigenvalue weighted by Crippen LogP contribution is 2.43. The van der Waals surface area contributed by atoms with Crippen LogP contribution in [0.15, 0.2) is 65.1 Å². The lowest BCUT2D eigenvalue weighted by Gasteiger charge is -2.08. The number of carboxylic acid groups (broad SMARTS) is 1. The normalized spacial score (nSPS) is 11.2. The number of hydrogen-bond acceptors (Lipinski definition) is 2. The third-order valence-electron chi connectivity index (χ3n) is 6.26. The summed E-state index contributed by atoms with van der Waals surface area (Å²) in [7, 11) is 0. The van der Waals surface area contributed by atoms with Crippen LogP contribution in [-0.2, 0) is 12.8 Å². The van der Waals surface area contributed by atoms with Gasteiger partial charge in [0, 0.05) is 16.5 Å². The Bertz CT molecular complexity index is 1240. The molecule has 0 aliphatic heterocycles. The maximum Gasteiger partial charge on any atom is 0.336 e. The summed E-state index contributed by atoms with van der Waals surface area (Å²) in [6.07, 6.45) is 6.77. The summed E-state index contributed by atoms with van der Waals surface area (Å²) in [5.74, 6) is -0.215. The van der Waals surface area contributed by atoms with Crippen molar-refractivity contribution in [2.24, 2.45) is 0 Å². The monoisotopic (exact) mass is 440 g/mol. The average Bonchev–Trinajstić information content (AvgIpc) is 3.20. The lowest BCUT2D eigenvalue weighted by molar-refractivity contribution is 0.0699. The van der Waals surface area contributed by atoms with Gasteiger partial charge in [-0.2, -0.15) is 0 Å². The summed E-state index contributed by atoms with van der Waals surface area (Å²) in [6.45, 7) is 6.30. The summed E-state index contributed by atoms with van der Waals surface area (Å²) < 4.78 is 6.36. The smallest absolute Gasteiger partial charge is 0.336 e. The quantitative estimate of drug-likeness (QED) is 0.284. The first-order valence-corrected chi connectivity index (χ1v) is 12.0. The van der Waals surface area contributed by atoms with Crippen molar-refractivity contribution < 1.29 is 14.3 Å². The van der Waals surface area contributed by atoms with Crippen molar-refractivity contribution in [1.82, 2.24) is 0 Å². The lowest BCUT2D eigenvalue weighted by Crippen LogP contribution is -1.98. The lowest BCUT2D eigenvalue weighted by atomic mass is 9.93. The fourth-order valence-corrected chi connectivity index (χ4v) is 4.44. The highest BCUT2D eigenvalue weighted by molar-refractivity contribution is 6.12. The van der Waals surface area contributed by atoms with Crippen LogP contribution in [0.3, 0.4) is 0 Å². The van der Waals surface area contributed by atoms with Crippen LogP contribution in [0.5, 0.6) is 0 Å². The van der Waals surface area contributed by atoms with Crippen LogP contribution >= 0.6 is 0 Å². The molecule has 0 fully saturated rings. The van der Waals surface area contributed by atoms with E-state index in [9.17, 15) is 9.90 Å². The molecule has 4 rings (SSSR count). The standard InChI is InChI=1S/C30H32O3/c1-4-6-8-21-10-14-23(15-11-21)27-28-25(30(31)32)18-20(3)19-26(28)33-29(27)24-16-12-22(13-17-24)9-7-5-2/h10-19H,4-9H2,1-3H3,(H,31,32). The van der Waals surface area contributed by atoms with Crippen molar-refractivity contribution in [1.29, 1.82) is 0 Å². The SMILES string of the molecule is CCCCc1ccc(-c2oc3cc(C)cc(C(=O)O)c3c2-c2ccc(CCCC)cc2)cc1. The van der Waals surface area contributed by atoms with E-state index in [2.05, 4.69) is 62.4 Å². The topological polar surface area (TPSA) is 50.4 Å². The van der Waals surface area contributed by atoms with Gasteiger partial charge in [0.2, 0.25) is 0 Å². The Balaban J connectivity index is 1.89. The third-order valence-corrected chi connectivity index (χ3v) is 6.26. The van der Waals surface area contributed by atoms with E-state index in [1.165, 1.54) is 24.0 Å². The second-order valence-corrected chi connectivity index (χ2v) is 8.90. The van der Waals surface area contributed by atoms with E-state index in [-0.39, 0.29) is 5.56 Å². The number of aryl methyl sites for hydroxylation is 3. The zero-order valence-corrected chi connectivity index (χ0v) is 19.8. The second kappa shape index (κ2) is 10.1. The van der Waals surface area contributed by atoms with Gasteiger partial charge in [-0.15, -0.1) is 0 Å². The van der Waals surface area contributed by atoms with E-state index in [1.54, 1.807) is 6.07 Å². The van der Waals surface area contributed by atoms with Gasteiger partial charge in [0.15, 0.2) is 0 Å². The predicted octanol–water partition coefficient (Wildman–Crippen LogP) is 8.46. The molecular formula is C30H32O3. The molecule has 1 heterocycles. The number of carbonyl (C=O) groups is 1. The largest absolute Gasteiger partial charge is 0.478 e. The highest BCUT2D eigenvalue weighted by Gasteiger charge is 2.23. The number of rotatable bonds is 9. The number of unbranched alkanes of at least 4 members (excludes halogenated alkanes) is 2. The second-order valence-electron chi connectivity index (χ2n) is 8.90. The Morgan fingerprint density at radius 1 is 0.818 bits per heavy atom. The first kappa shape index (κ1) is 22.8. The van der Waals surface area contributed by atoms with Crippen LogP contribution < -0.4 is 0 Å². The number of benzene rings is 3. The Hall–Kier alpha value is -3.33. The molecule has 0 atom stereocenters. The summed E-state index contributed by atoms with van der Waals surface area (Å²) in [6, 6.07) is 20.6. The number of furan rings is 1. The summed E-state index contributed by atoms with van der Waals surface area (Å²) in [5.41, 5.74) is 7.16. The van der Waals surface area contributed by atoms with E-state index in [1.807, 2.05) is 13.0 Å². The molecule has 0 aliphatic rings. The van der Waals surface area contributed by atoms with Crippen LogP contribution in [0.4, 0.5) is 0 Å². The Morgan fingerprint density at radius 2 is 1.36 bits per heavy atom. The zero-order valence-electron chi connectivity index (χ0n) is 19.8. The fourth-order valence-electron chi connectivity index (χ4n) is 4.44. The van der Waals surface area contributed by atoms with Crippen LogP contribution in [0.1, 0.15) is 66.6 Å². The van der Waals surface area contributed by atoms with Gasteiger partial charge in [0.25, 0.3) is 0 Å². The molecule has 3 nitrogen and oxygen atoms in total. The fraction of sp³-hybridized carbons (Fsp3) is 0.300. The molecule has 3 heteroatoms. The van der Waals surface area contributed by atoms with Crippen molar-refractivity contribution in [2.45, 2.75) is 59.3 Å². The van der Waals surface area contributed by atoms with Gasteiger partial charge in [-0.05, 0) is 67.0 Å². The first-order valence-electron chi connectivity index (χ1n) is 12.0. The predicted molar refractivity (Wildman–Crippen MR) is 136 cm³/mol. The average molecular weight is 441 g/mol. The molecule has 4 aromatic rings. The number of carboxylic acids is 1. The first-order chi connectivity index (χ1) is 16.0. The van der Waals surface area contributed by atoms with Gasteiger partial charge in [-0.3, -0.25) is 0 Å². The van der Waals surface area contributed by atoms with E-state index < -0.39 is 5.97 Å². The molecule has 1 aromatic heterocycles. The van der Waals surface area contributed by atoms with E-state index in [4.69, 9.17) is 4.42 Å². The van der Waals surface area contributed by atoms with Gasteiger partial charge in [0.1, 0.15) is 11.3 Å². The molecule has 1 N–H and O–H groups in total. The molecule has 0 bridgehead atoms. The van der Waals surface area contributed by atoms with E-state index in [0.717, 1.165) is 53.7 Å². The molecule has 0 amide bonds. The Labute approximate surface area is 196 Å². The molecule has 33 heavy (non-hydrogen) atoms. The summed E-state index contributed by atoms with van der Waals surface area (Å²) in [5, 5.41) is 10.6. The van der Waals surface area contributed by atoms with Gasteiger partial charge in [-0.25, -0.2) is 4.79 Å². The molecule has 170 valence electrons. The molecule has 0 saturated heterocycles. The molecule has 0 spiro atoms. The Morgan fingerprint density at radius 3 is 1.88 bits per heavy atom. The summed E-state index contributed by atoms with van der Waals surface area (Å²) in [4.78, 5) is 12.2. The zero-order chi connectivity index (χ0) is 23.4. The van der Waals surface area contributed by atoms with Crippen LogP contribution in [-0.4, -0.2) is 11.1 Å². The Kier molecular flexibility index (Phi) is 6.98. The highest BCUT2D eigenvalue weighted by atomic mass is 16.4. The van der Waals surface area contributed by atoms with Gasteiger partial charge in [0.05, 0.1) is 5.56 Å². The van der Waals surface area contributed by atoms with Crippen molar-refractivity contribution in [3.63, 3.8) is 0 Å². The van der Waals surface area contributed by atoms with Crippen molar-refractivity contribution in [3.8, 4) is 22.5 Å². The number of aromatic carboxylic acids is 1. The van der Waals surface area contributed by atoms with Crippen molar-refractivity contribution in [3.05, 3.63) is 82.9 Å². The van der Waals surface area contributed by atoms with Crippen LogP contribution in [0, 0.1) is 6.92 Å². The molecule has 0 aliphatic carbocycles. The maximum absolute atomic E-state index is 12.2. The minimum Gasteiger partial charge on any atom is -0.478 e. The maximum atomic E-state index is 12.2. The minimum atomic E-state index is -0.938. The van der Waals surface area contributed by atoms with Gasteiger partial charge < -0.3 is 9.52 Å². The molecule has 0 unspecified atom stereocenters.